The number of amides is 1. The van der Waals surface area contributed by atoms with Crippen LogP contribution in [0.4, 0.5) is 11.4 Å². The van der Waals surface area contributed by atoms with Crippen molar-refractivity contribution >= 4 is 27.3 Å². The molecule has 0 aliphatic rings. The molecule has 4 aromatic rings. The highest BCUT2D eigenvalue weighted by Gasteiger charge is 2.33. The number of nitrogens with one attached hydrogen (secondary N) is 1. The lowest BCUT2D eigenvalue weighted by Crippen LogP contribution is -2.48. The molecule has 9 nitrogen and oxygen atoms in total. The van der Waals surface area contributed by atoms with E-state index >= 15 is 0 Å². The summed E-state index contributed by atoms with van der Waals surface area (Å²) >= 11 is 0. The van der Waals surface area contributed by atoms with E-state index in [9.17, 15) is 13.2 Å². The molecule has 0 radical (unpaired) electrons. The van der Waals surface area contributed by atoms with E-state index in [2.05, 4.69) is 15.0 Å². The first-order valence-electron chi connectivity index (χ1n) is 12.8. The van der Waals surface area contributed by atoms with Crippen molar-refractivity contribution in [3.8, 4) is 17.2 Å². The Labute approximate surface area is 239 Å². The first-order valence-corrected chi connectivity index (χ1v) is 14.3. The van der Waals surface area contributed by atoms with Crippen molar-refractivity contribution in [1.29, 1.82) is 0 Å². The molecular weight excluding hydrogens is 542 g/mol. The van der Waals surface area contributed by atoms with Crippen molar-refractivity contribution in [1.82, 2.24) is 4.72 Å². The smallest absolute Gasteiger partial charge is 0.277 e. The highest BCUT2D eigenvalue weighted by Crippen LogP contribution is 2.23. The third-order valence-electron chi connectivity index (χ3n) is 5.97. The summed E-state index contributed by atoms with van der Waals surface area (Å²) in [6.45, 7) is 3.46. The second-order valence-corrected chi connectivity index (χ2v) is 11.2. The summed E-state index contributed by atoms with van der Waals surface area (Å²) in [7, 11) is -2.60. The van der Waals surface area contributed by atoms with Crippen LogP contribution in [0.25, 0.3) is 0 Å². The largest absolute Gasteiger partial charge is 0.497 e. The van der Waals surface area contributed by atoms with Crippen LogP contribution in [-0.4, -0.2) is 33.6 Å². The van der Waals surface area contributed by atoms with Gasteiger partial charge in [-0.05, 0) is 92.2 Å². The van der Waals surface area contributed by atoms with Gasteiger partial charge in [-0.2, -0.15) is 10.2 Å². The number of methoxy groups -OCH3 is 1. The lowest BCUT2D eigenvalue weighted by atomic mass is 10.1. The van der Waals surface area contributed by atoms with Gasteiger partial charge in [0, 0.05) is 6.42 Å². The van der Waals surface area contributed by atoms with Gasteiger partial charge in [-0.15, -0.1) is 0 Å². The predicted molar refractivity (Wildman–Crippen MR) is 156 cm³/mol. The van der Waals surface area contributed by atoms with Crippen molar-refractivity contribution in [3.05, 3.63) is 109 Å². The molecule has 0 atom stereocenters. The minimum atomic E-state index is -4.08. The minimum Gasteiger partial charge on any atom is -0.497 e. The third-order valence-corrected chi connectivity index (χ3v) is 7.32. The molecular formula is C31H31N3O6S. The molecule has 1 amide bonds. The van der Waals surface area contributed by atoms with Gasteiger partial charge in [0.25, 0.3) is 15.9 Å². The molecule has 0 aromatic heterocycles. The summed E-state index contributed by atoms with van der Waals surface area (Å²) < 4.78 is 44.1. The quantitative estimate of drug-likeness (QED) is 0.196. The molecule has 1 N–H and O–H groups in total. The fraction of sp³-hybridized carbons (Fsp3) is 0.194. The zero-order chi connectivity index (χ0) is 29.3. The molecule has 0 aliphatic carbocycles. The van der Waals surface area contributed by atoms with Gasteiger partial charge in [0.15, 0.2) is 5.60 Å². The molecule has 0 bridgehead atoms. The SMILES string of the molecule is COc1ccc(S(=O)(=O)NC(=O)C(C)(C)Oc2ccc(CCOc3ccc(N=Nc4ccccc4)cc3)cc2)cc1. The summed E-state index contributed by atoms with van der Waals surface area (Å²) in [5.74, 6) is 0.863. The van der Waals surface area contributed by atoms with Crippen LogP contribution in [0.2, 0.25) is 0 Å². The van der Waals surface area contributed by atoms with Crippen LogP contribution in [-0.2, 0) is 21.2 Å². The summed E-state index contributed by atoms with van der Waals surface area (Å²) in [6, 6.07) is 29.8. The number of hydrogen-bond donors (Lipinski definition) is 1. The number of hydrogen-bond acceptors (Lipinski definition) is 8. The van der Waals surface area contributed by atoms with Gasteiger partial charge < -0.3 is 14.2 Å². The zero-order valence-electron chi connectivity index (χ0n) is 23.0. The minimum absolute atomic E-state index is 0.0569. The molecule has 10 heteroatoms. The number of azo groups is 1. The molecule has 41 heavy (non-hydrogen) atoms. The van der Waals surface area contributed by atoms with E-state index in [-0.39, 0.29) is 4.90 Å². The summed E-state index contributed by atoms with van der Waals surface area (Å²) in [5, 5.41) is 8.43. The predicted octanol–water partition coefficient (Wildman–Crippen LogP) is 6.39. The maximum absolute atomic E-state index is 12.8. The van der Waals surface area contributed by atoms with Crippen LogP contribution >= 0.6 is 0 Å². The van der Waals surface area contributed by atoms with E-state index in [0.717, 1.165) is 22.7 Å². The van der Waals surface area contributed by atoms with Gasteiger partial charge in [0.1, 0.15) is 17.2 Å². The van der Waals surface area contributed by atoms with Gasteiger partial charge in [0.2, 0.25) is 0 Å². The van der Waals surface area contributed by atoms with Crippen molar-refractivity contribution in [2.75, 3.05) is 13.7 Å². The molecule has 0 spiro atoms. The molecule has 0 saturated heterocycles. The third kappa shape index (κ3) is 8.39. The van der Waals surface area contributed by atoms with E-state index < -0.39 is 21.5 Å². The zero-order valence-corrected chi connectivity index (χ0v) is 23.8. The van der Waals surface area contributed by atoms with Crippen LogP contribution in [0.3, 0.4) is 0 Å². The lowest BCUT2D eigenvalue weighted by molar-refractivity contribution is -0.132. The number of rotatable bonds is 12. The molecule has 0 heterocycles. The Morgan fingerprint density at radius 3 is 1.93 bits per heavy atom. The Kier molecular flexibility index (Phi) is 9.36. The first-order chi connectivity index (χ1) is 19.6. The standard InChI is InChI=1S/C31H31N3O6S/c1-31(2,30(35)34-41(36,37)29-19-17-26(38-3)18-20-29)40-28-13-9-23(10-14-28)21-22-39-27-15-11-25(12-16-27)33-32-24-7-5-4-6-8-24/h4-20H,21-22H2,1-3H3,(H,34,35). The van der Waals surface area contributed by atoms with Gasteiger partial charge in [0.05, 0.1) is 30.0 Å². The van der Waals surface area contributed by atoms with E-state index in [4.69, 9.17) is 14.2 Å². The number of ether oxygens (including phenoxy) is 3. The van der Waals surface area contributed by atoms with Crippen molar-refractivity contribution in [2.45, 2.75) is 30.8 Å². The second kappa shape index (κ2) is 13.1. The Morgan fingerprint density at radius 2 is 1.32 bits per heavy atom. The van der Waals surface area contributed by atoms with E-state index in [1.54, 1.807) is 12.1 Å². The number of carbonyl (C=O) groups excluding carboxylic acids is 1. The van der Waals surface area contributed by atoms with E-state index in [1.807, 2.05) is 66.7 Å². The Morgan fingerprint density at radius 1 is 0.756 bits per heavy atom. The summed E-state index contributed by atoms with van der Waals surface area (Å²) in [5.41, 5.74) is 1.08. The fourth-order valence-corrected chi connectivity index (χ4v) is 4.73. The number of benzene rings is 4. The highest BCUT2D eigenvalue weighted by atomic mass is 32.2. The second-order valence-electron chi connectivity index (χ2n) is 9.49. The van der Waals surface area contributed by atoms with E-state index in [0.29, 0.717) is 24.5 Å². The number of sulfonamides is 1. The maximum Gasteiger partial charge on any atom is 0.277 e. The van der Waals surface area contributed by atoms with Crippen molar-refractivity contribution in [2.24, 2.45) is 10.2 Å². The van der Waals surface area contributed by atoms with Crippen LogP contribution < -0.4 is 18.9 Å². The maximum atomic E-state index is 12.8. The molecule has 0 unspecified atom stereocenters. The molecule has 0 fully saturated rings. The van der Waals surface area contributed by atoms with Gasteiger partial charge in [-0.1, -0.05) is 30.3 Å². The summed E-state index contributed by atoms with van der Waals surface area (Å²) in [4.78, 5) is 12.7. The normalized spacial score (nSPS) is 11.7. The topological polar surface area (TPSA) is 116 Å². The van der Waals surface area contributed by atoms with Gasteiger partial charge >= 0.3 is 0 Å². The fourth-order valence-electron chi connectivity index (χ4n) is 3.63. The van der Waals surface area contributed by atoms with Gasteiger partial charge in [-0.3, -0.25) is 4.79 Å². The Bertz CT molecular complexity index is 1570. The lowest BCUT2D eigenvalue weighted by Gasteiger charge is -2.25. The Balaban J connectivity index is 1.25. The van der Waals surface area contributed by atoms with Crippen LogP contribution in [0.15, 0.2) is 118 Å². The summed E-state index contributed by atoms with van der Waals surface area (Å²) in [6.07, 6.45) is 0.653. The van der Waals surface area contributed by atoms with Gasteiger partial charge in [-0.25, -0.2) is 13.1 Å². The first kappa shape index (κ1) is 29.3. The molecule has 4 aromatic carbocycles. The molecule has 0 saturated carbocycles. The van der Waals surface area contributed by atoms with Crippen LogP contribution in [0.1, 0.15) is 19.4 Å². The van der Waals surface area contributed by atoms with E-state index in [1.165, 1.54) is 45.2 Å². The molecule has 212 valence electrons. The number of nitrogens with zero attached hydrogens (tertiary/aromatic N) is 2. The number of carbonyl (C=O) groups is 1. The molecule has 0 aliphatic heterocycles. The monoisotopic (exact) mass is 573 g/mol. The highest BCUT2D eigenvalue weighted by molar-refractivity contribution is 7.90. The van der Waals surface area contributed by atoms with Crippen LogP contribution in [0, 0.1) is 0 Å². The van der Waals surface area contributed by atoms with Crippen molar-refractivity contribution in [3.63, 3.8) is 0 Å². The van der Waals surface area contributed by atoms with Crippen LogP contribution in [0.5, 0.6) is 17.2 Å². The van der Waals surface area contributed by atoms with Crippen molar-refractivity contribution < 1.29 is 27.4 Å². The average Bonchev–Trinajstić information content (AvgIpc) is 2.98. The average molecular weight is 574 g/mol. The Hall–Kier alpha value is -4.70. The molecule has 4 rings (SSSR count).